The Hall–Kier alpha value is -2.19. The highest BCUT2D eigenvalue weighted by Crippen LogP contribution is 2.22. The molecule has 0 saturated heterocycles. The maximum Gasteiger partial charge on any atom is 0.251 e. The summed E-state index contributed by atoms with van der Waals surface area (Å²) in [5.41, 5.74) is 0.447. The van der Waals surface area contributed by atoms with Crippen LogP contribution < -0.4 is 10.0 Å². The van der Waals surface area contributed by atoms with Gasteiger partial charge in [-0.1, -0.05) is 0 Å². The van der Waals surface area contributed by atoms with Crippen LogP contribution in [0.2, 0.25) is 0 Å². The van der Waals surface area contributed by atoms with Crippen molar-refractivity contribution in [1.29, 1.82) is 0 Å². The number of hydrogen-bond acceptors (Lipinski definition) is 4. The monoisotopic (exact) mass is 348 g/mol. The van der Waals surface area contributed by atoms with Gasteiger partial charge < -0.3 is 9.88 Å². The van der Waals surface area contributed by atoms with E-state index in [0.29, 0.717) is 12.1 Å². The van der Waals surface area contributed by atoms with E-state index in [4.69, 9.17) is 0 Å². The lowest BCUT2D eigenvalue weighted by molar-refractivity contribution is 0.0952. The Morgan fingerprint density at radius 1 is 1.25 bits per heavy atom. The number of aromatic nitrogens is 2. The van der Waals surface area contributed by atoms with Crippen molar-refractivity contribution in [2.24, 2.45) is 0 Å². The Morgan fingerprint density at radius 3 is 2.62 bits per heavy atom. The van der Waals surface area contributed by atoms with Gasteiger partial charge in [0.05, 0.1) is 11.2 Å². The topological polar surface area (TPSA) is 93.1 Å². The van der Waals surface area contributed by atoms with Crippen molar-refractivity contribution in [2.75, 3.05) is 6.54 Å². The molecule has 0 aliphatic heterocycles. The lowest BCUT2D eigenvalue weighted by Gasteiger charge is -2.08. The first-order valence-electron chi connectivity index (χ1n) is 7.91. The maximum atomic E-state index is 12.1. The summed E-state index contributed by atoms with van der Waals surface area (Å²) in [6, 6.07) is 6.06. The van der Waals surface area contributed by atoms with Gasteiger partial charge in [0.2, 0.25) is 10.0 Å². The Balaban J connectivity index is 1.50. The van der Waals surface area contributed by atoms with Gasteiger partial charge in [0.15, 0.2) is 0 Å². The minimum atomic E-state index is -3.48. The number of nitrogens with zero attached hydrogens (tertiary/aromatic N) is 2. The van der Waals surface area contributed by atoms with Gasteiger partial charge in [0, 0.05) is 37.1 Å². The molecular weight excluding hydrogens is 328 g/mol. The summed E-state index contributed by atoms with van der Waals surface area (Å²) in [4.78, 5) is 16.2. The number of benzene rings is 1. The zero-order valence-electron chi connectivity index (χ0n) is 13.2. The molecule has 0 bridgehead atoms. The Morgan fingerprint density at radius 2 is 2.00 bits per heavy atom. The highest BCUT2D eigenvalue weighted by molar-refractivity contribution is 7.89. The standard InChI is InChI=1S/C16H20N4O3S/c21-16(18-8-1-10-20-11-9-17-12-20)13-2-6-15(7-3-13)24(22,23)19-14-4-5-14/h2-3,6-7,9,11-12,14,19H,1,4-5,8,10H2,(H,18,21). The lowest BCUT2D eigenvalue weighted by atomic mass is 10.2. The molecule has 1 aromatic carbocycles. The van der Waals surface area contributed by atoms with Gasteiger partial charge in [-0.05, 0) is 43.5 Å². The minimum absolute atomic E-state index is 0.0634. The molecule has 7 nitrogen and oxygen atoms in total. The summed E-state index contributed by atoms with van der Waals surface area (Å²) >= 11 is 0. The number of aryl methyl sites for hydroxylation is 1. The first kappa shape index (κ1) is 16.7. The third-order valence-electron chi connectivity index (χ3n) is 3.76. The van der Waals surface area contributed by atoms with E-state index in [1.54, 1.807) is 12.5 Å². The Labute approximate surface area is 141 Å². The molecule has 1 heterocycles. The second kappa shape index (κ2) is 7.14. The predicted molar refractivity (Wildman–Crippen MR) is 89.0 cm³/mol. The molecule has 0 atom stereocenters. The Kier molecular flexibility index (Phi) is 4.96. The van der Waals surface area contributed by atoms with Crippen molar-refractivity contribution < 1.29 is 13.2 Å². The third-order valence-corrected chi connectivity index (χ3v) is 5.30. The molecule has 2 N–H and O–H groups in total. The normalized spacial score (nSPS) is 14.5. The quantitative estimate of drug-likeness (QED) is 0.700. The SMILES string of the molecule is O=C(NCCCn1ccnc1)c1ccc(S(=O)(=O)NC2CC2)cc1. The average Bonchev–Trinajstić information content (AvgIpc) is 3.22. The molecular formula is C16H20N4O3S. The number of amides is 1. The molecule has 24 heavy (non-hydrogen) atoms. The van der Waals surface area contributed by atoms with Gasteiger partial charge in [-0.2, -0.15) is 0 Å². The molecule has 3 rings (SSSR count). The van der Waals surface area contributed by atoms with E-state index in [2.05, 4.69) is 15.0 Å². The van der Waals surface area contributed by atoms with Crippen LogP contribution in [0.4, 0.5) is 0 Å². The largest absolute Gasteiger partial charge is 0.352 e. The van der Waals surface area contributed by atoms with Gasteiger partial charge in [-0.15, -0.1) is 0 Å². The van der Waals surface area contributed by atoms with Crippen LogP contribution in [0.5, 0.6) is 0 Å². The summed E-state index contributed by atoms with van der Waals surface area (Å²) in [5.74, 6) is -0.209. The molecule has 1 aliphatic rings. The van der Waals surface area contributed by atoms with Crippen LogP contribution >= 0.6 is 0 Å². The number of carbonyl (C=O) groups excluding carboxylic acids is 1. The summed E-state index contributed by atoms with van der Waals surface area (Å²) in [6.45, 7) is 1.32. The minimum Gasteiger partial charge on any atom is -0.352 e. The first-order chi connectivity index (χ1) is 11.5. The summed E-state index contributed by atoms with van der Waals surface area (Å²) < 4.78 is 28.7. The molecule has 1 aliphatic carbocycles. The average molecular weight is 348 g/mol. The second-order valence-electron chi connectivity index (χ2n) is 5.83. The fourth-order valence-corrected chi connectivity index (χ4v) is 3.56. The van der Waals surface area contributed by atoms with Crippen LogP contribution in [-0.4, -0.2) is 36.5 Å². The van der Waals surface area contributed by atoms with Crippen LogP contribution in [0.1, 0.15) is 29.6 Å². The highest BCUT2D eigenvalue weighted by atomic mass is 32.2. The third kappa shape index (κ3) is 4.42. The molecule has 1 saturated carbocycles. The summed E-state index contributed by atoms with van der Waals surface area (Å²) in [6.07, 6.45) is 7.89. The van der Waals surface area contributed by atoms with Crippen LogP contribution in [0.3, 0.4) is 0 Å². The smallest absolute Gasteiger partial charge is 0.251 e. The molecule has 1 fully saturated rings. The highest BCUT2D eigenvalue weighted by Gasteiger charge is 2.27. The van der Waals surface area contributed by atoms with Crippen LogP contribution in [0.15, 0.2) is 47.9 Å². The molecule has 0 radical (unpaired) electrons. The van der Waals surface area contributed by atoms with E-state index < -0.39 is 10.0 Å². The molecule has 1 aromatic heterocycles. The zero-order valence-corrected chi connectivity index (χ0v) is 14.0. The van der Waals surface area contributed by atoms with E-state index in [0.717, 1.165) is 25.8 Å². The number of rotatable bonds is 8. The van der Waals surface area contributed by atoms with E-state index >= 15 is 0 Å². The summed E-state index contributed by atoms with van der Waals surface area (Å²) in [7, 11) is -3.48. The Bertz CT molecular complexity index is 781. The van der Waals surface area contributed by atoms with Gasteiger partial charge in [-0.3, -0.25) is 4.79 Å². The maximum absolute atomic E-state index is 12.1. The first-order valence-corrected chi connectivity index (χ1v) is 9.39. The van der Waals surface area contributed by atoms with E-state index in [1.165, 1.54) is 24.3 Å². The van der Waals surface area contributed by atoms with Crippen LogP contribution in [-0.2, 0) is 16.6 Å². The predicted octanol–water partition coefficient (Wildman–Crippen LogP) is 1.14. The van der Waals surface area contributed by atoms with Gasteiger partial charge in [-0.25, -0.2) is 18.1 Å². The molecule has 8 heteroatoms. The van der Waals surface area contributed by atoms with E-state index in [-0.39, 0.29) is 16.8 Å². The van der Waals surface area contributed by atoms with Gasteiger partial charge >= 0.3 is 0 Å². The van der Waals surface area contributed by atoms with Gasteiger partial charge in [0.25, 0.3) is 5.91 Å². The van der Waals surface area contributed by atoms with Gasteiger partial charge in [0.1, 0.15) is 0 Å². The van der Waals surface area contributed by atoms with E-state index in [1.807, 2.05) is 10.8 Å². The number of sulfonamides is 1. The fourth-order valence-electron chi connectivity index (χ4n) is 2.26. The summed E-state index contributed by atoms with van der Waals surface area (Å²) in [5, 5.41) is 2.82. The number of nitrogens with one attached hydrogen (secondary N) is 2. The molecule has 1 amide bonds. The van der Waals surface area contributed by atoms with Crippen molar-refractivity contribution in [2.45, 2.75) is 36.7 Å². The van der Waals surface area contributed by atoms with Crippen molar-refractivity contribution in [3.63, 3.8) is 0 Å². The number of imidazole rings is 1. The van der Waals surface area contributed by atoms with Crippen molar-refractivity contribution in [1.82, 2.24) is 19.6 Å². The van der Waals surface area contributed by atoms with Crippen molar-refractivity contribution in [3.8, 4) is 0 Å². The fraction of sp³-hybridized carbons (Fsp3) is 0.375. The van der Waals surface area contributed by atoms with Crippen molar-refractivity contribution >= 4 is 15.9 Å². The molecule has 0 spiro atoms. The van der Waals surface area contributed by atoms with Crippen molar-refractivity contribution in [3.05, 3.63) is 48.5 Å². The van der Waals surface area contributed by atoms with Crippen LogP contribution in [0.25, 0.3) is 0 Å². The second-order valence-corrected chi connectivity index (χ2v) is 7.54. The number of hydrogen-bond donors (Lipinski definition) is 2. The number of carbonyl (C=O) groups is 1. The molecule has 2 aromatic rings. The zero-order chi connectivity index (χ0) is 17.0. The molecule has 0 unspecified atom stereocenters. The molecule has 128 valence electrons. The van der Waals surface area contributed by atoms with E-state index in [9.17, 15) is 13.2 Å². The lowest BCUT2D eigenvalue weighted by Crippen LogP contribution is -2.26. The van der Waals surface area contributed by atoms with Crippen LogP contribution in [0, 0.1) is 0 Å².